The average Bonchev–Trinajstić information content (AvgIpc) is 3.36. The van der Waals surface area contributed by atoms with E-state index >= 15 is 0 Å². The Bertz CT molecular complexity index is 3650. The summed E-state index contributed by atoms with van der Waals surface area (Å²) in [6.07, 6.45) is 0. The summed E-state index contributed by atoms with van der Waals surface area (Å²) in [5.41, 5.74) is 13.0. The fourth-order valence-electron chi connectivity index (χ4n) is 9.81. The van der Waals surface area contributed by atoms with E-state index in [-0.39, 0.29) is 0 Å². The SMILES string of the molecule is c1ccc(-c2cc(-c3ccccc3)c3c4ccccc4c4cc(N(c5ccc(-c6ccc7ccccc7c6)cc5)c5ccc6ccccc6c5)ccc4c3c2-c2ccccc2)cc1. The van der Waals surface area contributed by atoms with Gasteiger partial charge in [0.1, 0.15) is 0 Å². The van der Waals surface area contributed by atoms with Crippen LogP contribution in [-0.4, -0.2) is 0 Å². The van der Waals surface area contributed by atoms with Crippen LogP contribution in [0.1, 0.15) is 0 Å². The summed E-state index contributed by atoms with van der Waals surface area (Å²) in [5.74, 6) is 0. The van der Waals surface area contributed by atoms with Gasteiger partial charge in [-0.3, -0.25) is 0 Å². The van der Waals surface area contributed by atoms with E-state index in [2.05, 4.69) is 254 Å². The lowest BCUT2D eigenvalue weighted by Gasteiger charge is -2.27. The Kier molecular flexibility index (Phi) is 8.90. The second kappa shape index (κ2) is 15.3. The molecule has 63 heavy (non-hydrogen) atoms. The number of nitrogens with zero attached hydrogens (tertiary/aromatic N) is 1. The van der Waals surface area contributed by atoms with Crippen LogP contribution in [0.15, 0.2) is 249 Å². The zero-order valence-corrected chi connectivity index (χ0v) is 34.6. The average molecular weight is 800 g/mol. The van der Waals surface area contributed by atoms with Gasteiger partial charge in [-0.25, -0.2) is 0 Å². The van der Waals surface area contributed by atoms with Crippen molar-refractivity contribution in [3.05, 3.63) is 249 Å². The third kappa shape index (κ3) is 6.42. The highest BCUT2D eigenvalue weighted by molar-refractivity contribution is 6.33. The number of rotatable bonds is 7. The van der Waals surface area contributed by atoms with Crippen LogP contribution in [0.25, 0.3) is 98.4 Å². The molecule has 1 nitrogen and oxygen atoms in total. The normalized spacial score (nSPS) is 11.5. The second-order valence-electron chi connectivity index (χ2n) is 16.4. The molecule has 0 aliphatic heterocycles. The van der Waals surface area contributed by atoms with Crippen molar-refractivity contribution in [1.82, 2.24) is 0 Å². The highest BCUT2D eigenvalue weighted by Gasteiger charge is 2.23. The molecule has 0 aliphatic rings. The minimum absolute atomic E-state index is 1.10. The van der Waals surface area contributed by atoms with Gasteiger partial charge < -0.3 is 4.90 Å². The molecule has 0 spiro atoms. The van der Waals surface area contributed by atoms with Crippen LogP contribution in [-0.2, 0) is 0 Å². The second-order valence-corrected chi connectivity index (χ2v) is 16.4. The molecule has 0 saturated carbocycles. The zero-order chi connectivity index (χ0) is 41.7. The Hall–Kier alpha value is -8.26. The van der Waals surface area contributed by atoms with Crippen molar-refractivity contribution in [1.29, 1.82) is 0 Å². The number of hydrogen-bond acceptors (Lipinski definition) is 1. The Labute approximate surface area is 367 Å². The highest BCUT2D eigenvalue weighted by Crippen LogP contribution is 2.50. The fraction of sp³-hybridized carbons (Fsp3) is 0. The molecule has 0 N–H and O–H groups in total. The molecule has 12 aromatic carbocycles. The zero-order valence-electron chi connectivity index (χ0n) is 34.6. The van der Waals surface area contributed by atoms with Gasteiger partial charge in [-0.1, -0.05) is 200 Å². The molecule has 0 amide bonds. The van der Waals surface area contributed by atoms with Gasteiger partial charge in [0.25, 0.3) is 0 Å². The van der Waals surface area contributed by atoms with E-state index < -0.39 is 0 Å². The first-order valence-corrected chi connectivity index (χ1v) is 21.7. The van der Waals surface area contributed by atoms with Crippen molar-refractivity contribution < 1.29 is 0 Å². The summed E-state index contributed by atoms with van der Waals surface area (Å²) in [6, 6.07) is 91.2. The van der Waals surface area contributed by atoms with E-state index in [1.54, 1.807) is 0 Å². The minimum atomic E-state index is 1.10. The first-order valence-electron chi connectivity index (χ1n) is 21.7. The van der Waals surface area contributed by atoms with Crippen LogP contribution < -0.4 is 4.90 Å². The molecule has 0 fully saturated rings. The van der Waals surface area contributed by atoms with Crippen molar-refractivity contribution in [2.75, 3.05) is 4.90 Å². The summed E-state index contributed by atoms with van der Waals surface area (Å²) in [7, 11) is 0. The maximum absolute atomic E-state index is 2.44. The van der Waals surface area contributed by atoms with Gasteiger partial charge in [0.15, 0.2) is 0 Å². The van der Waals surface area contributed by atoms with Crippen LogP contribution in [0.5, 0.6) is 0 Å². The standard InChI is InChI=1S/C62H41N/c1-4-18-45(19-5-1)57-41-58(46-20-6-2-7-21-46)61-55-27-15-14-26-54(55)59-40-53(36-37-56(59)62(61)60(57)47-22-8-3-9-23-47)63(52-35-32-43-17-11-13-25-49(43)39-52)51-33-30-44(31-34-51)50-29-28-42-16-10-12-24-48(42)38-50/h1-41H. The molecular formula is C62H41N. The van der Waals surface area contributed by atoms with Gasteiger partial charge in [0, 0.05) is 17.1 Å². The molecule has 12 rings (SSSR count). The summed E-state index contributed by atoms with van der Waals surface area (Å²) in [6.45, 7) is 0. The first-order chi connectivity index (χ1) is 31.2. The van der Waals surface area contributed by atoms with E-state index in [1.165, 1.54) is 98.4 Å². The summed E-state index contributed by atoms with van der Waals surface area (Å²) in [4.78, 5) is 2.42. The van der Waals surface area contributed by atoms with Crippen LogP contribution in [0.2, 0.25) is 0 Å². The lowest BCUT2D eigenvalue weighted by molar-refractivity contribution is 1.29. The summed E-state index contributed by atoms with van der Waals surface area (Å²) in [5, 5.41) is 12.4. The fourth-order valence-corrected chi connectivity index (χ4v) is 9.81. The van der Waals surface area contributed by atoms with Crippen LogP contribution in [0.4, 0.5) is 17.1 Å². The van der Waals surface area contributed by atoms with Crippen molar-refractivity contribution in [2.45, 2.75) is 0 Å². The minimum Gasteiger partial charge on any atom is -0.310 e. The molecule has 0 atom stereocenters. The van der Waals surface area contributed by atoms with Crippen molar-refractivity contribution in [2.24, 2.45) is 0 Å². The molecule has 0 unspecified atom stereocenters. The highest BCUT2D eigenvalue weighted by atomic mass is 15.1. The van der Waals surface area contributed by atoms with E-state index in [4.69, 9.17) is 0 Å². The van der Waals surface area contributed by atoms with E-state index in [1.807, 2.05) is 0 Å². The first kappa shape index (κ1) is 36.6. The predicted molar refractivity (Wildman–Crippen MR) is 270 cm³/mol. The van der Waals surface area contributed by atoms with E-state index in [9.17, 15) is 0 Å². The number of anilines is 3. The smallest absolute Gasteiger partial charge is 0.0468 e. The van der Waals surface area contributed by atoms with Crippen molar-refractivity contribution >= 4 is 70.9 Å². The van der Waals surface area contributed by atoms with Crippen LogP contribution >= 0.6 is 0 Å². The molecule has 0 aliphatic carbocycles. The lowest BCUT2D eigenvalue weighted by Crippen LogP contribution is -2.10. The Balaban J connectivity index is 1.14. The van der Waals surface area contributed by atoms with Crippen LogP contribution in [0.3, 0.4) is 0 Å². The van der Waals surface area contributed by atoms with Gasteiger partial charge in [0.05, 0.1) is 0 Å². The monoisotopic (exact) mass is 799 g/mol. The molecule has 0 radical (unpaired) electrons. The van der Waals surface area contributed by atoms with Gasteiger partial charge >= 0.3 is 0 Å². The maximum Gasteiger partial charge on any atom is 0.0468 e. The molecule has 1 heteroatoms. The quantitative estimate of drug-likeness (QED) is 0.145. The Morgan fingerprint density at radius 1 is 0.222 bits per heavy atom. The topological polar surface area (TPSA) is 3.24 Å². The third-order valence-electron chi connectivity index (χ3n) is 12.8. The maximum atomic E-state index is 2.44. The number of fused-ring (bicyclic) bond motifs is 8. The van der Waals surface area contributed by atoms with E-state index in [0.717, 1.165) is 17.1 Å². The molecule has 0 heterocycles. The lowest BCUT2D eigenvalue weighted by atomic mass is 9.81. The molecule has 294 valence electrons. The molecule has 0 bridgehead atoms. The van der Waals surface area contributed by atoms with Gasteiger partial charge in [0.2, 0.25) is 0 Å². The molecule has 0 saturated heterocycles. The van der Waals surface area contributed by atoms with Crippen molar-refractivity contribution in [3.8, 4) is 44.5 Å². The van der Waals surface area contributed by atoms with Crippen LogP contribution in [0, 0.1) is 0 Å². The number of hydrogen-bond donors (Lipinski definition) is 0. The Morgan fingerprint density at radius 3 is 1.38 bits per heavy atom. The summed E-state index contributed by atoms with van der Waals surface area (Å²) >= 11 is 0. The van der Waals surface area contributed by atoms with Gasteiger partial charge in [-0.05, 0) is 147 Å². The molecule has 12 aromatic rings. The Morgan fingerprint density at radius 2 is 0.698 bits per heavy atom. The predicted octanol–water partition coefficient (Wildman–Crippen LogP) is 17.6. The molecule has 0 aromatic heterocycles. The summed E-state index contributed by atoms with van der Waals surface area (Å²) < 4.78 is 0. The largest absolute Gasteiger partial charge is 0.310 e. The van der Waals surface area contributed by atoms with E-state index in [0.29, 0.717) is 0 Å². The number of benzene rings is 12. The van der Waals surface area contributed by atoms with Gasteiger partial charge in [-0.2, -0.15) is 0 Å². The molecular weight excluding hydrogens is 759 g/mol. The third-order valence-corrected chi connectivity index (χ3v) is 12.8. The van der Waals surface area contributed by atoms with Gasteiger partial charge in [-0.15, -0.1) is 0 Å². The van der Waals surface area contributed by atoms with Crippen molar-refractivity contribution in [3.63, 3.8) is 0 Å².